The van der Waals surface area contributed by atoms with Crippen LogP contribution in [0.5, 0.6) is 0 Å². The Kier molecular flexibility index (Phi) is 8.56. The van der Waals surface area contributed by atoms with Crippen LogP contribution in [0.1, 0.15) is 45.2 Å². The van der Waals surface area contributed by atoms with Gasteiger partial charge in [-0.05, 0) is 56.1 Å². The van der Waals surface area contributed by atoms with E-state index in [0.717, 1.165) is 38.5 Å². The van der Waals surface area contributed by atoms with E-state index in [-0.39, 0.29) is 0 Å². The van der Waals surface area contributed by atoms with Crippen molar-refractivity contribution < 1.29 is 0 Å². The van der Waals surface area contributed by atoms with Crippen molar-refractivity contribution in [3.05, 3.63) is 35.4 Å². The minimum Gasteiger partial charge on any atom is -0.316 e. The maximum absolute atomic E-state index is 3.54. The molecule has 0 radical (unpaired) electrons. The van der Waals surface area contributed by atoms with Crippen LogP contribution in [0.2, 0.25) is 0 Å². The van der Waals surface area contributed by atoms with Crippen molar-refractivity contribution in [2.75, 3.05) is 26.2 Å². The topological polar surface area (TPSA) is 15.3 Å². The number of hydrogen-bond donors (Lipinski definition) is 1. The third-order valence-corrected chi connectivity index (χ3v) is 3.62. The molecule has 0 unspecified atom stereocenters. The van der Waals surface area contributed by atoms with Gasteiger partial charge in [-0.1, -0.05) is 52.0 Å². The van der Waals surface area contributed by atoms with Crippen molar-refractivity contribution in [3.8, 4) is 0 Å². The molecular formula is C18H32N2. The van der Waals surface area contributed by atoms with Gasteiger partial charge < -0.3 is 5.32 Å². The molecule has 0 saturated heterocycles. The van der Waals surface area contributed by atoms with Gasteiger partial charge in [-0.15, -0.1) is 0 Å². The Balaban J connectivity index is 2.54. The van der Waals surface area contributed by atoms with Crippen LogP contribution < -0.4 is 5.32 Å². The zero-order valence-electron chi connectivity index (χ0n) is 13.8. The molecule has 0 heterocycles. The molecule has 1 N–H and O–H groups in total. The molecule has 0 aliphatic carbocycles. The molecule has 1 rings (SSSR count). The van der Waals surface area contributed by atoms with Crippen molar-refractivity contribution in [1.82, 2.24) is 10.2 Å². The Bertz CT molecular complexity index is 360. The fraction of sp³-hybridized carbons (Fsp3) is 0.667. The summed E-state index contributed by atoms with van der Waals surface area (Å²) in [6.45, 7) is 14.6. The highest BCUT2D eigenvalue weighted by atomic mass is 15.1. The summed E-state index contributed by atoms with van der Waals surface area (Å²) in [6, 6.07) is 8.90. The van der Waals surface area contributed by atoms with Gasteiger partial charge in [0, 0.05) is 6.54 Å². The molecule has 2 heteroatoms. The molecule has 20 heavy (non-hydrogen) atoms. The quantitative estimate of drug-likeness (QED) is 0.655. The van der Waals surface area contributed by atoms with E-state index in [0.29, 0.717) is 0 Å². The molecule has 114 valence electrons. The summed E-state index contributed by atoms with van der Waals surface area (Å²) in [5, 5.41) is 3.54. The second-order valence-corrected chi connectivity index (χ2v) is 5.99. The summed E-state index contributed by atoms with van der Waals surface area (Å²) in [6.07, 6.45) is 2.36. The molecule has 0 spiro atoms. The van der Waals surface area contributed by atoms with Crippen molar-refractivity contribution in [2.45, 2.75) is 47.1 Å². The van der Waals surface area contributed by atoms with Crippen LogP contribution >= 0.6 is 0 Å². The first kappa shape index (κ1) is 17.2. The first-order chi connectivity index (χ1) is 9.67. The molecule has 0 atom stereocenters. The molecule has 0 aliphatic rings. The van der Waals surface area contributed by atoms with Crippen LogP contribution in [0.4, 0.5) is 0 Å². The average Bonchev–Trinajstić information content (AvgIpc) is 2.44. The monoisotopic (exact) mass is 276 g/mol. The van der Waals surface area contributed by atoms with Crippen LogP contribution in [0, 0.1) is 5.92 Å². The minimum absolute atomic E-state index is 0.727. The van der Waals surface area contributed by atoms with Crippen molar-refractivity contribution in [1.29, 1.82) is 0 Å². The third-order valence-electron chi connectivity index (χ3n) is 3.62. The fourth-order valence-corrected chi connectivity index (χ4v) is 2.48. The predicted molar refractivity (Wildman–Crippen MR) is 89.1 cm³/mol. The molecule has 0 amide bonds. The number of hydrogen-bond acceptors (Lipinski definition) is 2. The fourth-order valence-electron chi connectivity index (χ4n) is 2.48. The average molecular weight is 276 g/mol. The van der Waals surface area contributed by atoms with E-state index in [1.165, 1.54) is 24.1 Å². The van der Waals surface area contributed by atoms with E-state index in [4.69, 9.17) is 0 Å². The van der Waals surface area contributed by atoms with Gasteiger partial charge in [-0.3, -0.25) is 4.90 Å². The van der Waals surface area contributed by atoms with Crippen LogP contribution in [0.15, 0.2) is 24.3 Å². The lowest BCUT2D eigenvalue weighted by Crippen LogP contribution is -2.25. The number of rotatable bonds is 10. The number of benzene rings is 1. The molecule has 0 saturated carbocycles. The van der Waals surface area contributed by atoms with Gasteiger partial charge in [0.15, 0.2) is 0 Å². The van der Waals surface area contributed by atoms with Gasteiger partial charge in [-0.25, -0.2) is 0 Å². The SMILES string of the molecule is CCCN(CC)Cc1ccccc1CCNCC(C)C. The minimum atomic E-state index is 0.727. The molecular weight excluding hydrogens is 244 g/mol. The van der Waals surface area contributed by atoms with E-state index in [1.54, 1.807) is 0 Å². The summed E-state index contributed by atoms with van der Waals surface area (Å²) < 4.78 is 0. The summed E-state index contributed by atoms with van der Waals surface area (Å²) in [4.78, 5) is 2.53. The maximum atomic E-state index is 3.54. The lowest BCUT2D eigenvalue weighted by molar-refractivity contribution is 0.280. The van der Waals surface area contributed by atoms with E-state index in [9.17, 15) is 0 Å². The standard InChI is InChI=1S/C18H32N2/c1-5-13-20(6-2)15-18-10-8-7-9-17(18)11-12-19-14-16(3)4/h7-10,16,19H,5-6,11-15H2,1-4H3. The second kappa shape index (κ2) is 9.95. The van der Waals surface area contributed by atoms with Crippen LogP contribution in [0.25, 0.3) is 0 Å². The van der Waals surface area contributed by atoms with E-state index >= 15 is 0 Å². The molecule has 1 aromatic rings. The third kappa shape index (κ3) is 6.53. The van der Waals surface area contributed by atoms with E-state index in [1.807, 2.05) is 0 Å². The summed E-state index contributed by atoms with van der Waals surface area (Å²) in [5.74, 6) is 0.727. The molecule has 0 bridgehead atoms. The smallest absolute Gasteiger partial charge is 0.0236 e. The van der Waals surface area contributed by atoms with Crippen LogP contribution in [-0.2, 0) is 13.0 Å². The molecule has 1 aromatic carbocycles. The molecule has 0 aliphatic heterocycles. The molecule has 0 aromatic heterocycles. The lowest BCUT2D eigenvalue weighted by Gasteiger charge is -2.21. The summed E-state index contributed by atoms with van der Waals surface area (Å²) in [7, 11) is 0. The van der Waals surface area contributed by atoms with Gasteiger partial charge in [0.25, 0.3) is 0 Å². The first-order valence-corrected chi connectivity index (χ1v) is 8.17. The van der Waals surface area contributed by atoms with Gasteiger partial charge >= 0.3 is 0 Å². The zero-order valence-corrected chi connectivity index (χ0v) is 13.8. The Hall–Kier alpha value is -0.860. The van der Waals surface area contributed by atoms with Gasteiger partial charge in [0.05, 0.1) is 0 Å². The van der Waals surface area contributed by atoms with Gasteiger partial charge in [0.2, 0.25) is 0 Å². The zero-order chi connectivity index (χ0) is 14.8. The first-order valence-electron chi connectivity index (χ1n) is 8.17. The Morgan fingerprint density at radius 2 is 1.80 bits per heavy atom. The van der Waals surface area contributed by atoms with Crippen molar-refractivity contribution >= 4 is 0 Å². The maximum Gasteiger partial charge on any atom is 0.0236 e. The largest absolute Gasteiger partial charge is 0.316 e. The van der Waals surface area contributed by atoms with E-state index in [2.05, 4.69) is 62.2 Å². The van der Waals surface area contributed by atoms with Crippen LogP contribution in [-0.4, -0.2) is 31.1 Å². The number of nitrogens with zero attached hydrogens (tertiary/aromatic N) is 1. The van der Waals surface area contributed by atoms with Crippen molar-refractivity contribution in [3.63, 3.8) is 0 Å². The normalized spacial score (nSPS) is 11.5. The number of nitrogens with one attached hydrogen (secondary N) is 1. The van der Waals surface area contributed by atoms with Gasteiger partial charge in [-0.2, -0.15) is 0 Å². The van der Waals surface area contributed by atoms with Crippen LogP contribution in [0.3, 0.4) is 0 Å². The van der Waals surface area contributed by atoms with Gasteiger partial charge in [0.1, 0.15) is 0 Å². The lowest BCUT2D eigenvalue weighted by atomic mass is 10.0. The molecule has 0 fully saturated rings. The summed E-state index contributed by atoms with van der Waals surface area (Å²) >= 11 is 0. The Labute approximate surface area is 125 Å². The van der Waals surface area contributed by atoms with E-state index < -0.39 is 0 Å². The molecule has 2 nitrogen and oxygen atoms in total. The highest BCUT2D eigenvalue weighted by Gasteiger charge is 2.06. The second-order valence-electron chi connectivity index (χ2n) is 5.99. The Morgan fingerprint density at radius 1 is 1.10 bits per heavy atom. The highest BCUT2D eigenvalue weighted by Crippen LogP contribution is 2.12. The van der Waals surface area contributed by atoms with Crippen molar-refractivity contribution in [2.24, 2.45) is 5.92 Å². The Morgan fingerprint density at radius 3 is 2.40 bits per heavy atom. The predicted octanol–water partition coefficient (Wildman–Crippen LogP) is 3.71. The highest BCUT2D eigenvalue weighted by molar-refractivity contribution is 5.27. The summed E-state index contributed by atoms with van der Waals surface area (Å²) in [5.41, 5.74) is 2.99.